The molecule has 83 heavy (non-hydrogen) atoms. The molecule has 0 aliphatic heterocycles. The van der Waals surface area contributed by atoms with E-state index in [1.807, 2.05) is 0 Å². The predicted octanol–water partition coefficient (Wildman–Crippen LogP) is 17.4. The molecule has 0 spiro atoms. The van der Waals surface area contributed by atoms with Crippen molar-refractivity contribution in [2.24, 2.45) is 23.7 Å². The maximum Gasteiger partial charge on any atom is 0.472 e. The van der Waals surface area contributed by atoms with Crippen LogP contribution in [0.3, 0.4) is 0 Å². The number of esters is 4. The van der Waals surface area contributed by atoms with E-state index in [0.29, 0.717) is 37.5 Å². The van der Waals surface area contributed by atoms with Gasteiger partial charge >= 0.3 is 39.5 Å². The maximum absolute atomic E-state index is 13.0. The first-order chi connectivity index (χ1) is 39.6. The number of phosphoric ester groups is 2. The Balaban J connectivity index is 5.24. The molecule has 0 aliphatic carbocycles. The lowest BCUT2D eigenvalue weighted by molar-refractivity contribution is -0.161. The predicted molar refractivity (Wildman–Crippen MR) is 331 cm³/mol. The van der Waals surface area contributed by atoms with Crippen molar-refractivity contribution in [1.82, 2.24) is 0 Å². The summed E-state index contributed by atoms with van der Waals surface area (Å²) >= 11 is 0. The number of hydrogen-bond donors (Lipinski definition) is 3. The summed E-state index contributed by atoms with van der Waals surface area (Å²) in [7, 11) is -9.89. The number of aliphatic hydroxyl groups is 1. The lowest BCUT2D eigenvalue weighted by atomic mass is 10.0. The fourth-order valence-electron chi connectivity index (χ4n) is 9.43. The summed E-state index contributed by atoms with van der Waals surface area (Å²) in [4.78, 5) is 72.2. The third kappa shape index (κ3) is 58.8. The van der Waals surface area contributed by atoms with Crippen LogP contribution in [0.1, 0.15) is 306 Å². The zero-order valence-electron chi connectivity index (χ0n) is 53.8. The topological polar surface area (TPSA) is 237 Å². The minimum Gasteiger partial charge on any atom is -0.462 e. The van der Waals surface area contributed by atoms with Gasteiger partial charge in [0.1, 0.15) is 19.3 Å². The Morgan fingerprint density at radius 3 is 0.747 bits per heavy atom. The number of unbranched alkanes of at least 4 members (excludes halogenated alkanes) is 27. The van der Waals surface area contributed by atoms with Crippen molar-refractivity contribution in [2.75, 3.05) is 39.6 Å². The van der Waals surface area contributed by atoms with E-state index in [-0.39, 0.29) is 25.7 Å². The van der Waals surface area contributed by atoms with E-state index >= 15 is 0 Å². The average molecular weight is 1230 g/mol. The minimum absolute atomic E-state index is 0.101. The Kier molecular flexibility index (Phi) is 53.0. The van der Waals surface area contributed by atoms with E-state index in [4.69, 9.17) is 37.0 Å². The first-order valence-corrected chi connectivity index (χ1v) is 36.2. The van der Waals surface area contributed by atoms with Crippen molar-refractivity contribution in [2.45, 2.75) is 324 Å². The van der Waals surface area contributed by atoms with Gasteiger partial charge in [-0.2, -0.15) is 0 Å². The van der Waals surface area contributed by atoms with E-state index in [1.165, 1.54) is 103 Å². The van der Waals surface area contributed by atoms with E-state index < -0.39 is 97.5 Å². The van der Waals surface area contributed by atoms with Gasteiger partial charge in [-0.3, -0.25) is 37.3 Å². The molecule has 3 N–H and O–H groups in total. The van der Waals surface area contributed by atoms with Crippen LogP contribution in [0, 0.1) is 23.7 Å². The maximum atomic E-state index is 13.0. The standard InChI is InChI=1S/C64H124O17P2/c1-54(2)40-32-24-16-11-9-13-19-28-36-44-61(66)74-51-60(81-64(69)47-39-31-23-22-27-35-43-57(7)8)53-79-83(72,73)77-49-58(65)48-76-82(70,71)78-52-59(50-75-62(67)45-37-29-21-15-18-26-34-42-56(5)6)80-63(68)46-38-30-20-14-10-12-17-25-33-41-55(3)4/h54-60,65H,9-53H2,1-8H3,(H,70,71)(H,72,73)/t58?,59-,60-/m1/s1. The van der Waals surface area contributed by atoms with Crippen LogP contribution in [0.4, 0.5) is 0 Å². The second kappa shape index (κ2) is 54.2. The van der Waals surface area contributed by atoms with Gasteiger partial charge < -0.3 is 33.8 Å². The summed E-state index contributed by atoms with van der Waals surface area (Å²) in [5.41, 5.74) is 0. The molecule has 0 amide bonds. The Labute approximate surface area is 505 Å². The number of carbonyl (C=O) groups is 4. The Bertz CT molecular complexity index is 1660. The van der Waals surface area contributed by atoms with Crippen molar-refractivity contribution in [3.8, 4) is 0 Å². The van der Waals surface area contributed by atoms with Gasteiger partial charge in [0.2, 0.25) is 0 Å². The monoisotopic (exact) mass is 1230 g/mol. The van der Waals surface area contributed by atoms with Crippen LogP contribution < -0.4 is 0 Å². The Hall–Kier alpha value is -1.94. The molecule has 0 aromatic rings. The van der Waals surface area contributed by atoms with Gasteiger partial charge in [-0.15, -0.1) is 0 Å². The fourth-order valence-corrected chi connectivity index (χ4v) is 11.0. The van der Waals surface area contributed by atoms with Gasteiger partial charge in [0, 0.05) is 25.7 Å². The van der Waals surface area contributed by atoms with Gasteiger partial charge in [0.15, 0.2) is 12.2 Å². The van der Waals surface area contributed by atoms with E-state index in [0.717, 1.165) is 108 Å². The molecule has 0 aromatic heterocycles. The SMILES string of the molecule is CC(C)CCCCCCCCCCCC(=O)OC[C@H](COP(=O)(O)OCC(O)COP(=O)(O)OC[C@@H](COC(=O)CCCCCCCCCC(C)C)OC(=O)CCCCCCCCCCCC(C)C)OC(=O)CCCCCCCCC(C)C. The number of carbonyl (C=O) groups excluding carboxylic acids is 4. The van der Waals surface area contributed by atoms with Gasteiger partial charge in [0.05, 0.1) is 26.4 Å². The van der Waals surface area contributed by atoms with Crippen molar-refractivity contribution >= 4 is 39.5 Å². The Morgan fingerprint density at radius 1 is 0.301 bits per heavy atom. The second-order valence-electron chi connectivity index (χ2n) is 25.1. The third-order valence-electron chi connectivity index (χ3n) is 14.6. The van der Waals surface area contributed by atoms with Crippen LogP contribution in [-0.4, -0.2) is 96.7 Å². The number of ether oxygens (including phenoxy) is 4. The average Bonchev–Trinajstić information content (AvgIpc) is 3.44. The van der Waals surface area contributed by atoms with Crippen LogP contribution in [0.25, 0.3) is 0 Å². The number of rotatable bonds is 61. The summed E-state index contributed by atoms with van der Waals surface area (Å²) in [6.45, 7) is 13.9. The zero-order chi connectivity index (χ0) is 61.8. The summed E-state index contributed by atoms with van der Waals surface area (Å²) in [5.74, 6) is 0.711. The van der Waals surface area contributed by atoms with Gasteiger partial charge in [-0.25, -0.2) is 9.13 Å². The number of hydrogen-bond acceptors (Lipinski definition) is 15. The van der Waals surface area contributed by atoms with Gasteiger partial charge in [-0.1, -0.05) is 254 Å². The first-order valence-electron chi connectivity index (χ1n) is 33.2. The van der Waals surface area contributed by atoms with Crippen LogP contribution in [0.5, 0.6) is 0 Å². The molecule has 0 bridgehead atoms. The third-order valence-corrected chi connectivity index (χ3v) is 16.5. The van der Waals surface area contributed by atoms with Crippen molar-refractivity contribution in [3.05, 3.63) is 0 Å². The van der Waals surface area contributed by atoms with Crippen LogP contribution in [0.15, 0.2) is 0 Å². The highest BCUT2D eigenvalue weighted by atomic mass is 31.2. The number of phosphoric acid groups is 2. The summed E-state index contributed by atoms with van der Waals surface area (Å²) in [5, 5.41) is 10.5. The highest BCUT2D eigenvalue weighted by Gasteiger charge is 2.30. The zero-order valence-corrected chi connectivity index (χ0v) is 55.6. The normalized spacial score (nSPS) is 14.4. The van der Waals surface area contributed by atoms with Crippen molar-refractivity contribution in [3.63, 3.8) is 0 Å². The molecule has 0 saturated heterocycles. The Morgan fingerprint density at radius 2 is 0.506 bits per heavy atom. The fraction of sp³-hybridized carbons (Fsp3) is 0.938. The first kappa shape index (κ1) is 81.1. The van der Waals surface area contributed by atoms with Crippen molar-refractivity contribution < 1.29 is 80.2 Å². The van der Waals surface area contributed by atoms with E-state index in [2.05, 4.69) is 55.4 Å². The van der Waals surface area contributed by atoms with E-state index in [9.17, 15) is 43.2 Å². The molecule has 0 radical (unpaired) electrons. The molecular formula is C64H124O17P2. The molecule has 0 aliphatic rings. The van der Waals surface area contributed by atoms with Crippen molar-refractivity contribution in [1.29, 1.82) is 0 Å². The summed E-state index contributed by atoms with van der Waals surface area (Å²) < 4.78 is 68.0. The highest BCUT2D eigenvalue weighted by molar-refractivity contribution is 7.47. The summed E-state index contributed by atoms with van der Waals surface area (Å²) in [6, 6.07) is 0. The smallest absolute Gasteiger partial charge is 0.462 e. The molecule has 0 aromatic carbocycles. The molecule has 0 rings (SSSR count). The van der Waals surface area contributed by atoms with Gasteiger partial charge in [-0.05, 0) is 49.4 Å². The summed E-state index contributed by atoms with van der Waals surface area (Å²) in [6.07, 6.45) is 33.7. The molecule has 0 saturated carbocycles. The lowest BCUT2D eigenvalue weighted by Crippen LogP contribution is -2.30. The second-order valence-corrected chi connectivity index (χ2v) is 28.0. The molecule has 0 fully saturated rings. The molecule has 0 heterocycles. The molecule has 5 atom stereocenters. The van der Waals surface area contributed by atoms with Gasteiger partial charge in [0.25, 0.3) is 0 Å². The van der Waals surface area contributed by atoms with Crippen LogP contribution >= 0.6 is 15.6 Å². The quantitative estimate of drug-likeness (QED) is 0.0222. The molecular weight excluding hydrogens is 1100 g/mol. The number of aliphatic hydroxyl groups excluding tert-OH is 1. The van der Waals surface area contributed by atoms with Crippen LogP contribution in [-0.2, 0) is 65.4 Å². The lowest BCUT2D eigenvalue weighted by Gasteiger charge is -2.21. The minimum atomic E-state index is -4.94. The molecule has 19 heteroatoms. The van der Waals surface area contributed by atoms with Crippen LogP contribution in [0.2, 0.25) is 0 Å². The molecule has 17 nitrogen and oxygen atoms in total. The van der Waals surface area contributed by atoms with E-state index in [1.54, 1.807) is 0 Å². The largest absolute Gasteiger partial charge is 0.472 e. The molecule has 3 unspecified atom stereocenters. The highest BCUT2D eigenvalue weighted by Crippen LogP contribution is 2.45. The molecule has 492 valence electrons.